The van der Waals surface area contributed by atoms with Gasteiger partial charge in [0.05, 0.1) is 18.4 Å². The third-order valence-electron chi connectivity index (χ3n) is 5.01. The Bertz CT molecular complexity index is 537. The van der Waals surface area contributed by atoms with E-state index in [1.807, 2.05) is 11.1 Å². The summed E-state index contributed by atoms with van der Waals surface area (Å²) >= 11 is 0. The Hall–Kier alpha value is -1.76. The number of carboxylic acids is 1. The summed E-state index contributed by atoms with van der Waals surface area (Å²) in [5, 5.41) is 17.2. The number of aliphatic carboxylic acids is 1. The van der Waals surface area contributed by atoms with E-state index >= 15 is 0 Å². The number of piperazine rings is 1. The molecule has 126 valence electrons. The quantitative estimate of drug-likeness (QED) is 0.897. The summed E-state index contributed by atoms with van der Waals surface area (Å²) in [4.78, 5) is 19.6. The van der Waals surface area contributed by atoms with Crippen molar-refractivity contribution in [3.8, 4) is 0 Å². The standard InChI is InChI=1S/C16H25N5O2/c1-12-2-4-13(5-3-12)14-10-17-19-16(18-14)21-8-6-20(7-9-21)11-15(22)23/h10,12-13H,2-9,11H2,1H3,(H,22,23)/t12-,13-. The topological polar surface area (TPSA) is 82.5 Å². The van der Waals surface area contributed by atoms with Gasteiger partial charge in [-0.05, 0) is 18.8 Å². The molecular formula is C16H25N5O2. The lowest BCUT2D eigenvalue weighted by molar-refractivity contribution is -0.138. The summed E-state index contributed by atoms with van der Waals surface area (Å²) in [6, 6.07) is 0. The third kappa shape index (κ3) is 4.16. The fourth-order valence-electron chi connectivity index (χ4n) is 3.49. The van der Waals surface area contributed by atoms with Crippen LogP contribution in [0.15, 0.2) is 6.20 Å². The highest BCUT2D eigenvalue weighted by Crippen LogP contribution is 2.34. The molecule has 7 nitrogen and oxygen atoms in total. The summed E-state index contributed by atoms with van der Waals surface area (Å²) < 4.78 is 0. The Morgan fingerprint density at radius 1 is 1.22 bits per heavy atom. The molecule has 1 saturated heterocycles. The number of nitrogens with zero attached hydrogens (tertiary/aromatic N) is 5. The molecule has 1 N–H and O–H groups in total. The Morgan fingerprint density at radius 2 is 1.91 bits per heavy atom. The average molecular weight is 319 g/mol. The summed E-state index contributed by atoms with van der Waals surface area (Å²) in [7, 11) is 0. The Morgan fingerprint density at radius 3 is 2.57 bits per heavy atom. The molecule has 0 atom stereocenters. The van der Waals surface area contributed by atoms with Crippen LogP contribution in [0.3, 0.4) is 0 Å². The summed E-state index contributed by atoms with van der Waals surface area (Å²) in [6.45, 7) is 5.37. The van der Waals surface area contributed by atoms with Crippen LogP contribution in [0.4, 0.5) is 5.95 Å². The van der Waals surface area contributed by atoms with Gasteiger partial charge in [-0.25, -0.2) is 4.98 Å². The lowest BCUT2D eigenvalue weighted by atomic mass is 9.81. The molecule has 2 aliphatic rings. The first-order valence-electron chi connectivity index (χ1n) is 8.50. The van der Waals surface area contributed by atoms with Crippen molar-refractivity contribution in [1.82, 2.24) is 20.1 Å². The maximum absolute atomic E-state index is 10.8. The largest absolute Gasteiger partial charge is 0.480 e. The highest BCUT2D eigenvalue weighted by atomic mass is 16.4. The van der Waals surface area contributed by atoms with Crippen molar-refractivity contribution in [3.63, 3.8) is 0 Å². The van der Waals surface area contributed by atoms with Gasteiger partial charge in [-0.15, -0.1) is 5.10 Å². The monoisotopic (exact) mass is 319 g/mol. The molecule has 0 spiro atoms. The zero-order valence-corrected chi connectivity index (χ0v) is 13.7. The van der Waals surface area contributed by atoms with Crippen LogP contribution in [0.25, 0.3) is 0 Å². The lowest BCUT2D eigenvalue weighted by Gasteiger charge is -2.34. The average Bonchev–Trinajstić information content (AvgIpc) is 2.56. The van der Waals surface area contributed by atoms with E-state index in [0.717, 1.165) is 37.8 Å². The first-order chi connectivity index (χ1) is 11.1. The van der Waals surface area contributed by atoms with E-state index in [-0.39, 0.29) is 6.54 Å². The second-order valence-corrected chi connectivity index (χ2v) is 6.79. The molecule has 2 fully saturated rings. The van der Waals surface area contributed by atoms with Crippen molar-refractivity contribution in [2.24, 2.45) is 5.92 Å². The van der Waals surface area contributed by atoms with E-state index in [1.54, 1.807) is 0 Å². The molecule has 0 amide bonds. The maximum atomic E-state index is 10.8. The minimum absolute atomic E-state index is 0.104. The molecule has 0 radical (unpaired) electrons. The second-order valence-electron chi connectivity index (χ2n) is 6.79. The summed E-state index contributed by atoms with van der Waals surface area (Å²) in [6.07, 6.45) is 6.71. The molecule has 7 heteroatoms. The summed E-state index contributed by atoms with van der Waals surface area (Å²) in [5.41, 5.74) is 1.06. The number of carboxylic acid groups (broad SMARTS) is 1. The number of hydrogen-bond donors (Lipinski definition) is 1. The van der Waals surface area contributed by atoms with E-state index < -0.39 is 5.97 Å². The number of rotatable bonds is 4. The van der Waals surface area contributed by atoms with Gasteiger partial charge >= 0.3 is 5.97 Å². The Balaban J connectivity index is 1.61. The van der Waals surface area contributed by atoms with E-state index in [1.165, 1.54) is 25.7 Å². The number of aromatic nitrogens is 3. The zero-order chi connectivity index (χ0) is 16.2. The van der Waals surface area contributed by atoms with Crippen molar-refractivity contribution in [2.75, 3.05) is 37.6 Å². The van der Waals surface area contributed by atoms with Gasteiger partial charge in [-0.1, -0.05) is 19.8 Å². The fraction of sp³-hybridized carbons (Fsp3) is 0.750. The predicted octanol–water partition coefficient (Wildman–Crippen LogP) is 1.37. The van der Waals surface area contributed by atoms with Crippen LogP contribution in [-0.4, -0.2) is 63.9 Å². The van der Waals surface area contributed by atoms with E-state index in [2.05, 4.69) is 22.0 Å². The number of anilines is 1. The van der Waals surface area contributed by atoms with Crippen molar-refractivity contribution in [3.05, 3.63) is 11.9 Å². The van der Waals surface area contributed by atoms with Crippen LogP contribution >= 0.6 is 0 Å². The number of hydrogen-bond acceptors (Lipinski definition) is 6. The van der Waals surface area contributed by atoms with Gasteiger partial charge in [0.15, 0.2) is 0 Å². The van der Waals surface area contributed by atoms with Gasteiger partial charge in [0.2, 0.25) is 5.95 Å². The van der Waals surface area contributed by atoms with E-state index in [0.29, 0.717) is 11.9 Å². The van der Waals surface area contributed by atoms with Gasteiger partial charge < -0.3 is 10.0 Å². The van der Waals surface area contributed by atoms with Crippen LogP contribution in [0.1, 0.15) is 44.2 Å². The van der Waals surface area contributed by atoms with Crippen LogP contribution < -0.4 is 4.90 Å². The molecule has 1 saturated carbocycles. The molecule has 1 aliphatic heterocycles. The second kappa shape index (κ2) is 7.21. The molecular weight excluding hydrogens is 294 g/mol. The van der Waals surface area contributed by atoms with Gasteiger partial charge in [0.1, 0.15) is 0 Å². The van der Waals surface area contributed by atoms with E-state index in [9.17, 15) is 4.79 Å². The smallest absolute Gasteiger partial charge is 0.317 e. The van der Waals surface area contributed by atoms with Crippen LogP contribution in [0.5, 0.6) is 0 Å². The van der Waals surface area contributed by atoms with Crippen molar-refractivity contribution >= 4 is 11.9 Å². The minimum atomic E-state index is -0.773. The summed E-state index contributed by atoms with van der Waals surface area (Å²) in [5.74, 6) is 1.25. The first-order valence-corrected chi connectivity index (χ1v) is 8.50. The molecule has 0 unspecified atom stereocenters. The van der Waals surface area contributed by atoms with Crippen molar-refractivity contribution in [1.29, 1.82) is 0 Å². The van der Waals surface area contributed by atoms with Crippen molar-refractivity contribution < 1.29 is 9.90 Å². The SMILES string of the molecule is C[C@H]1CC[C@H](c2cnnc(N3CCN(CC(=O)O)CC3)n2)CC1. The van der Waals surface area contributed by atoms with Crippen LogP contribution in [-0.2, 0) is 4.79 Å². The maximum Gasteiger partial charge on any atom is 0.317 e. The van der Waals surface area contributed by atoms with Gasteiger partial charge in [0.25, 0.3) is 0 Å². The van der Waals surface area contributed by atoms with Crippen molar-refractivity contribution in [2.45, 2.75) is 38.5 Å². The first kappa shape index (κ1) is 16.1. The fourth-order valence-corrected chi connectivity index (χ4v) is 3.49. The van der Waals surface area contributed by atoms with Crippen LogP contribution in [0.2, 0.25) is 0 Å². The molecule has 1 aromatic heterocycles. The molecule has 2 heterocycles. The molecule has 0 bridgehead atoms. The molecule has 1 aromatic rings. The third-order valence-corrected chi connectivity index (χ3v) is 5.01. The highest BCUT2D eigenvalue weighted by Gasteiger charge is 2.24. The Labute approximate surface area is 136 Å². The van der Waals surface area contributed by atoms with Crippen LogP contribution in [0, 0.1) is 5.92 Å². The Kier molecular flexibility index (Phi) is 5.05. The normalized spacial score (nSPS) is 26.2. The molecule has 0 aromatic carbocycles. The zero-order valence-electron chi connectivity index (χ0n) is 13.7. The highest BCUT2D eigenvalue weighted by molar-refractivity contribution is 5.69. The van der Waals surface area contributed by atoms with Gasteiger partial charge in [-0.2, -0.15) is 5.10 Å². The van der Waals surface area contributed by atoms with Gasteiger partial charge in [0, 0.05) is 32.1 Å². The molecule has 23 heavy (non-hydrogen) atoms. The number of carbonyl (C=O) groups is 1. The molecule has 1 aliphatic carbocycles. The van der Waals surface area contributed by atoms with E-state index in [4.69, 9.17) is 10.1 Å². The molecule has 3 rings (SSSR count). The lowest BCUT2D eigenvalue weighted by Crippen LogP contribution is -2.48. The predicted molar refractivity (Wildman–Crippen MR) is 86.5 cm³/mol. The minimum Gasteiger partial charge on any atom is -0.480 e. The van der Waals surface area contributed by atoms with Gasteiger partial charge in [-0.3, -0.25) is 9.69 Å².